The van der Waals surface area contributed by atoms with Crippen LogP contribution in [0.5, 0.6) is 11.6 Å². The van der Waals surface area contributed by atoms with E-state index in [1.54, 1.807) is 33.9 Å². The van der Waals surface area contributed by atoms with Gasteiger partial charge < -0.3 is 18.8 Å². The van der Waals surface area contributed by atoms with Crippen molar-refractivity contribution < 1.29 is 32.2 Å². The first kappa shape index (κ1) is 28.9. The van der Waals surface area contributed by atoms with Gasteiger partial charge in [-0.15, -0.1) is 0 Å². The predicted molar refractivity (Wildman–Crippen MR) is 145 cm³/mol. The van der Waals surface area contributed by atoms with Gasteiger partial charge in [0.1, 0.15) is 28.5 Å². The van der Waals surface area contributed by atoms with Gasteiger partial charge in [-0.25, -0.2) is 19.2 Å². The van der Waals surface area contributed by atoms with E-state index in [9.17, 15) is 18.0 Å². The van der Waals surface area contributed by atoms with Crippen molar-refractivity contribution in [1.82, 2.24) is 14.5 Å². The number of hydrogen-bond acceptors (Lipinski definition) is 6. The normalized spacial score (nSPS) is 11.9. The molecule has 0 radical (unpaired) electrons. The highest BCUT2D eigenvalue weighted by molar-refractivity contribution is 5.91. The van der Waals surface area contributed by atoms with Gasteiger partial charge in [-0.1, -0.05) is 26.0 Å². The minimum atomic E-state index is -3.16. The lowest BCUT2D eigenvalue weighted by atomic mass is 9.97. The number of nitrogens with zero attached hydrogens (tertiary/aromatic N) is 3. The van der Waals surface area contributed by atoms with Crippen molar-refractivity contribution >= 4 is 16.9 Å². The van der Waals surface area contributed by atoms with Crippen LogP contribution in [-0.4, -0.2) is 39.3 Å². The van der Waals surface area contributed by atoms with Crippen LogP contribution in [0.25, 0.3) is 16.6 Å². The number of pyridine rings is 1. The molecule has 2 aromatic heterocycles. The molecule has 0 N–H and O–H groups in total. The lowest BCUT2D eigenvalue weighted by Crippen LogP contribution is -2.27. The van der Waals surface area contributed by atoms with Crippen LogP contribution in [0.2, 0.25) is 0 Å². The molecule has 4 rings (SSSR count). The number of aryl methyl sites for hydroxylation is 1. The van der Waals surface area contributed by atoms with Crippen LogP contribution in [-0.2, 0) is 16.0 Å². The summed E-state index contributed by atoms with van der Waals surface area (Å²) < 4.78 is 59.3. The highest BCUT2D eigenvalue weighted by atomic mass is 19.3. The van der Waals surface area contributed by atoms with E-state index in [0.29, 0.717) is 11.1 Å². The zero-order valence-corrected chi connectivity index (χ0v) is 23.3. The number of carbonyl (C=O) groups is 1. The standard InChI is InChI=1S/C30H32F3N3O4/c1-17(2)27-34-13-14-36(27)20-9-7-19(8-10-20)15-21-18(3)25-23(38-16-24(37)40-30(4,5)6)12-11-22(31)26(25)35-28(21)39-29(32)33/h7-14,17,29H,15-16H2,1-6H3. The quantitative estimate of drug-likeness (QED) is 0.209. The van der Waals surface area contributed by atoms with Crippen molar-refractivity contribution in [3.05, 3.63) is 77.1 Å². The second-order valence-corrected chi connectivity index (χ2v) is 10.7. The Morgan fingerprint density at radius 3 is 2.40 bits per heavy atom. The Hall–Kier alpha value is -4.08. The molecule has 10 heteroatoms. The number of rotatable bonds is 9. The van der Waals surface area contributed by atoms with Crippen molar-refractivity contribution in [2.45, 2.75) is 66.1 Å². The van der Waals surface area contributed by atoms with Crippen LogP contribution >= 0.6 is 0 Å². The van der Waals surface area contributed by atoms with Gasteiger partial charge in [0, 0.05) is 41.4 Å². The lowest BCUT2D eigenvalue weighted by molar-refractivity contribution is -0.157. The summed E-state index contributed by atoms with van der Waals surface area (Å²) in [7, 11) is 0. The highest BCUT2D eigenvalue weighted by Crippen LogP contribution is 2.37. The van der Waals surface area contributed by atoms with Crippen LogP contribution in [0.3, 0.4) is 0 Å². The second-order valence-electron chi connectivity index (χ2n) is 10.7. The van der Waals surface area contributed by atoms with E-state index in [2.05, 4.69) is 23.8 Å². The Morgan fingerprint density at radius 2 is 1.77 bits per heavy atom. The van der Waals surface area contributed by atoms with Gasteiger partial charge in [-0.05, 0) is 63.1 Å². The molecule has 212 valence electrons. The van der Waals surface area contributed by atoms with E-state index >= 15 is 0 Å². The van der Waals surface area contributed by atoms with Gasteiger partial charge in [0.25, 0.3) is 0 Å². The van der Waals surface area contributed by atoms with Crippen molar-refractivity contribution in [3.63, 3.8) is 0 Å². The maximum absolute atomic E-state index is 14.9. The molecule has 7 nitrogen and oxygen atoms in total. The summed E-state index contributed by atoms with van der Waals surface area (Å²) in [5.41, 5.74) is 1.59. The maximum atomic E-state index is 14.9. The zero-order chi connectivity index (χ0) is 29.2. The van der Waals surface area contributed by atoms with Crippen LogP contribution in [0.4, 0.5) is 13.2 Å². The summed E-state index contributed by atoms with van der Waals surface area (Å²) >= 11 is 0. The van der Waals surface area contributed by atoms with E-state index in [1.165, 1.54) is 6.07 Å². The number of fused-ring (bicyclic) bond motifs is 1. The molecule has 40 heavy (non-hydrogen) atoms. The van der Waals surface area contributed by atoms with Crippen LogP contribution < -0.4 is 9.47 Å². The number of halogens is 3. The zero-order valence-electron chi connectivity index (χ0n) is 23.3. The van der Waals surface area contributed by atoms with Gasteiger partial charge in [-0.3, -0.25) is 0 Å². The molecule has 0 fully saturated rings. The van der Waals surface area contributed by atoms with Crippen molar-refractivity contribution in [3.8, 4) is 17.3 Å². The maximum Gasteiger partial charge on any atom is 0.388 e. The molecular formula is C30H32F3N3O4. The first-order valence-electron chi connectivity index (χ1n) is 12.9. The minimum Gasteiger partial charge on any atom is -0.481 e. The monoisotopic (exact) mass is 555 g/mol. The van der Waals surface area contributed by atoms with Gasteiger partial charge >= 0.3 is 12.6 Å². The van der Waals surface area contributed by atoms with Crippen molar-refractivity contribution in [2.75, 3.05) is 6.61 Å². The first-order valence-corrected chi connectivity index (χ1v) is 12.9. The number of imidazole rings is 1. The molecule has 0 saturated carbocycles. The smallest absolute Gasteiger partial charge is 0.388 e. The molecule has 4 aromatic rings. The van der Waals surface area contributed by atoms with Crippen molar-refractivity contribution in [2.24, 2.45) is 0 Å². The van der Waals surface area contributed by atoms with Crippen LogP contribution in [0, 0.1) is 12.7 Å². The van der Waals surface area contributed by atoms with E-state index in [0.717, 1.165) is 23.1 Å². The molecule has 0 aliphatic rings. The highest BCUT2D eigenvalue weighted by Gasteiger charge is 2.23. The average Bonchev–Trinajstić information content (AvgIpc) is 3.36. The topological polar surface area (TPSA) is 75.5 Å². The molecule has 0 aliphatic carbocycles. The minimum absolute atomic E-state index is 0.175. The first-order chi connectivity index (χ1) is 18.8. The van der Waals surface area contributed by atoms with E-state index in [-0.39, 0.29) is 34.9 Å². The Bertz CT molecular complexity index is 1510. The molecule has 0 aliphatic heterocycles. The summed E-state index contributed by atoms with van der Waals surface area (Å²) in [6, 6.07) is 10.1. The Morgan fingerprint density at radius 1 is 1.07 bits per heavy atom. The Labute approximate surface area is 230 Å². The molecule has 0 saturated heterocycles. The molecule has 0 spiro atoms. The van der Waals surface area contributed by atoms with Crippen LogP contribution in [0.15, 0.2) is 48.8 Å². The number of ether oxygens (including phenoxy) is 3. The molecule has 2 aromatic carbocycles. The van der Waals surface area contributed by atoms with Gasteiger partial charge in [0.15, 0.2) is 6.61 Å². The van der Waals surface area contributed by atoms with Crippen LogP contribution in [0.1, 0.15) is 63.1 Å². The number of carbonyl (C=O) groups excluding carboxylic acids is 1. The number of hydrogen-bond donors (Lipinski definition) is 0. The molecular weight excluding hydrogens is 523 g/mol. The number of esters is 1. The molecule has 0 unspecified atom stereocenters. The lowest BCUT2D eigenvalue weighted by Gasteiger charge is -2.20. The second kappa shape index (κ2) is 11.6. The number of aromatic nitrogens is 3. The third-order valence-corrected chi connectivity index (χ3v) is 6.14. The summed E-state index contributed by atoms with van der Waals surface area (Å²) in [4.78, 5) is 20.8. The summed E-state index contributed by atoms with van der Waals surface area (Å²) in [6.45, 7) is 7.39. The fourth-order valence-electron chi connectivity index (χ4n) is 4.46. The SMILES string of the molecule is Cc1c(Cc2ccc(-n3ccnc3C(C)C)cc2)c(OC(F)F)nc2c(F)ccc(OCC(=O)OC(C)(C)C)c12. The van der Waals surface area contributed by atoms with E-state index in [1.807, 2.05) is 35.0 Å². The predicted octanol–water partition coefficient (Wildman–Crippen LogP) is 6.90. The Kier molecular flexibility index (Phi) is 8.37. The fraction of sp³-hybridized carbons (Fsp3) is 0.367. The number of alkyl halides is 2. The summed E-state index contributed by atoms with van der Waals surface area (Å²) in [5, 5.41) is 0.261. The molecule has 0 bridgehead atoms. The third kappa shape index (κ3) is 6.55. The summed E-state index contributed by atoms with van der Waals surface area (Å²) in [6.07, 6.45) is 3.80. The van der Waals surface area contributed by atoms with Gasteiger partial charge in [-0.2, -0.15) is 8.78 Å². The Balaban J connectivity index is 1.72. The largest absolute Gasteiger partial charge is 0.481 e. The molecule has 0 amide bonds. The average molecular weight is 556 g/mol. The fourth-order valence-corrected chi connectivity index (χ4v) is 4.46. The van der Waals surface area contributed by atoms with Crippen molar-refractivity contribution in [1.29, 1.82) is 0 Å². The van der Waals surface area contributed by atoms with E-state index < -0.39 is 30.6 Å². The number of benzene rings is 2. The van der Waals surface area contributed by atoms with Gasteiger partial charge in [0.2, 0.25) is 5.88 Å². The molecule has 2 heterocycles. The van der Waals surface area contributed by atoms with Gasteiger partial charge in [0.05, 0.1) is 0 Å². The van der Waals surface area contributed by atoms with E-state index in [4.69, 9.17) is 14.2 Å². The third-order valence-electron chi connectivity index (χ3n) is 6.14. The summed E-state index contributed by atoms with van der Waals surface area (Å²) in [5.74, 6) is -0.401. The molecule has 0 atom stereocenters.